The van der Waals surface area contributed by atoms with Gasteiger partial charge in [0, 0.05) is 23.0 Å². The molecule has 1 aliphatic heterocycles. The molecule has 0 unspecified atom stereocenters. The number of hydrogen-bond acceptors (Lipinski definition) is 9. The van der Waals surface area contributed by atoms with Crippen LogP contribution in [0.1, 0.15) is 26.5 Å². The molecule has 5 heterocycles. The van der Waals surface area contributed by atoms with Crippen molar-refractivity contribution in [2.24, 2.45) is 0 Å². The lowest BCUT2D eigenvalue weighted by Gasteiger charge is -2.26. The zero-order valence-corrected chi connectivity index (χ0v) is 19.6. The maximum absolute atomic E-state index is 13.2. The minimum atomic E-state index is -0.419. The molecule has 0 radical (unpaired) electrons. The van der Waals surface area contributed by atoms with Crippen LogP contribution in [0.2, 0.25) is 5.15 Å². The van der Waals surface area contributed by atoms with E-state index in [2.05, 4.69) is 30.7 Å². The van der Waals surface area contributed by atoms with Crippen molar-refractivity contribution in [2.45, 2.75) is 13.0 Å². The average Bonchev–Trinajstić information content (AvgIpc) is 3.34. The molecule has 1 fully saturated rings. The first-order valence-electron chi connectivity index (χ1n) is 10.1. The molecule has 2 N–H and O–H groups in total. The van der Waals surface area contributed by atoms with E-state index < -0.39 is 5.91 Å². The number of fused-ring (bicyclic) bond motifs is 1. The van der Waals surface area contributed by atoms with Crippen molar-refractivity contribution in [2.75, 3.05) is 25.6 Å². The highest BCUT2D eigenvalue weighted by Crippen LogP contribution is 2.34. The quantitative estimate of drug-likeness (QED) is 0.387. The van der Waals surface area contributed by atoms with Gasteiger partial charge in [0.2, 0.25) is 10.1 Å². The maximum atomic E-state index is 13.2. The average molecular weight is 500 g/mol. The third-order valence-corrected chi connectivity index (χ3v) is 6.14. The molecule has 2 amide bonds. The van der Waals surface area contributed by atoms with Crippen LogP contribution in [-0.2, 0) is 4.74 Å². The van der Waals surface area contributed by atoms with Gasteiger partial charge in [-0.05, 0) is 19.1 Å². The van der Waals surface area contributed by atoms with Crippen molar-refractivity contribution in [1.82, 2.24) is 29.9 Å². The molecule has 13 heteroatoms. The molecule has 0 aromatic carbocycles. The number of carbonyl (C=O) groups is 2. The molecule has 0 aliphatic carbocycles. The topological polar surface area (TPSA) is 133 Å². The zero-order chi connectivity index (χ0) is 23.8. The molecule has 0 spiro atoms. The van der Waals surface area contributed by atoms with Crippen LogP contribution in [0.3, 0.4) is 0 Å². The molecule has 1 saturated heterocycles. The summed E-state index contributed by atoms with van der Waals surface area (Å²) in [5.74, 6) is -0.245. The minimum absolute atomic E-state index is 0.00117. The molecule has 4 aromatic rings. The highest BCUT2D eigenvalue weighted by Gasteiger charge is 2.24. The number of nitrogens with one attached hydrogen (secondary N) is 2. The van der Waals surface area contributed by atoms with Crippen molar-refractivity contribution >= 4 is 44.8 Å². The summed E-state index contributed by atoms with van der Waals surface area (Å²) in [6.45, 7) is 2.81. The van der Waals surface area contributed by atoms with Gasteiger partial charge in [0.05, 0.1) is 44.3 Å². The predicted molar refractivity (Wildman–Crippen MR) is 125 cm³/mol. The fourth-order valence-electron chi connectivity index (χ4n) is 3.36. The van der Waals surface area contributed by atoms with E-state index >= 15 is 0 Å². The Balaban J connectivity index is 1.40. The Bertz CT molecular complexity index is 1380. The summed E-state index contributed by atoms with van der Waals surface area (Å²) in [7, 11) is 1.52. The third kappa shape index (κ3) is 4.30. The summed E-state index contributed by atoms with van der Waals surface area (Å²) < 4.78 is 11.9. The Labute approximate surface area is 202 Å². The Hall–Kier alpha value is -3.61. The standard InChI is InChI=1S/C21H18ClN7O4S/c1-10-3-12(13-4-17(22)24-6-16(13)32-2)14(5-23-10)18(30)27-20-28-29-7-15(26-21(29)34-20)19(31)25-11-8-33-9-11/h3-7,11H,8-9H2,1-2H3,(H,25,31)(H,27,28,30). The number of aromatic nitrogens is 5. The van der Waals surface area contributed by atoms with Gasteiger partial charge >= 0.3 is 0 Å². The molecule has 1 aliphatic rings. The summed E-state index contributed by atoms with van der Waals surface area (Å²) in [6, 6.07) is 3.41. The van der Waals surface area contributed by atoms with Gasteiger partial charge in [-0.15, -0.1) is 5.10 Å². The van der Waals surface area contributed by atoms with Crippen LogP contribution in [0.25, 0.3) is 16.1 Å². The van der Waals surface area contributed by atoms with E-state index in [1.165, 1.54) is 30.2 Å². The zero-order valence-electron chi connectivity index (χ0n) is 18.0. The van der Waals surface area contributed by atoms with E-state index in [-0.39, 0.29) is 22.8 Å². The molecule has 0 saturated carbocycles. The number of anilines is 1. The number of ether oxygens (including phenoxy) is 2. The second-order valence-electron chi connectivity index (χ2n) is 7.50. The van der Waals surface area contributed by atoms with Gasteiger partial charge in [-0.2, -0.15) is 0 Å². The Morgan fingerprint density at radius 2 is 2.03 bits per heavy atom. The lowest BCUT2D eigenvalue weighted by molar-refractivity contribution is -0.00354. The number of aryl methyl sites for hydroxylation is 1. The second kappa shape index (κ2) is 8.97. The highest BCUT2D eigenvalue weighted by atomic mass is 35.5. The molecule has 11 nitrogen and oxygen atoms in total. The Morgan fingerprint density at radius 1 is 1.21 bits per heavy atom. The molecule has 0 bridgehead atoms. The molecule has 5 rings (SSSR count). The number of imidazole rings is 1. The molecular weight excluding hydrogens is 482 g/mol. The fourth-order valence-corrected chi connectivity index (χ4v) is 4.29. The third-order valence-electron chi connectivity index (χ3n) is 5.10. The summed E-state index contributed by atoms with van der Waals surface area (Å²) in [4.78, 5) is 38.5. The SMILES string of the molecule is COc1cnc(Cl)cc1-c1cc(C)ncc1C(=O)Nc1nn2cc(C(=O)NC3COC3)nc2s1. The van der Waals surface area contributed by atoms with Crippen molar-refractivity contribution in [3.63, 3.8) is 0 Å². The molecular formula is C21H18ClN7O4S. The van der Waals surface area contributed by atoms with Crippen LogP contribution >= 0.6 is 22.9 Å². The first-order chi connectivity index (χ1) is 16.4. The molecule has 0 atom stereocenters. The first kappa shape index (κ1) is 22.2. The van der Waals surface area contributed by atoms with Gasteiger partial charge in [0.25, 0.3) is 11.8 Å². The molecule has 34 heavy (non-hydrogen) atoms. The lowest BCUT2D eigenvalue weighted by atomic mass is 10.0. The molecule has 174 valence electrons. The van der Waals surface area contributed by atoms with Gasteiger partial charge < -0.3 is 14.8 Å². The number of carbonyl (C=O) groups excluding carboxylic acids is 2. The number of methoxy groups -OCH3 is 1. The van der Waals surface area contributed by atoms with Crippen molar-refractivity contribution in [1.29, 1.82) is 0 Å². The lowest BCUT2D eigenvalue weighted by Crippen LogP contribution is -2.48. The number of nitrogens with zero attached hydrogens (tertiary/aromatic N) is 5. The van der Waals surface area contributed by atoms with Gasteiger partial charge in [-0.25, -0.2) is 14.5 Å². The summed E-state index contributed by atoms with van der Waals surface area (Å²) in [6.07, 6.45) is 4.49. The number of amides is 2. The first-order valence-corrected chi connectivity index (χ1v) is 11.3. The number of hydrogen-bond donors (Lipinski definition) is 2. The van der Waals surface area contributed by atoms with E-state index in [9.17, 15) is 9.59 Å². The highest BCUT2D eigenvalue weighted by molar-refractivity contribution is 7.20. The summed E-state index contributed by atoms with van der Waals surface area (Å²) in [5.41, 5.74) is 2.47. The minimum Gasteiger partial charge on any atom is -0.494 e. The van der Waals surface area contributed by atoms with Crippen LogP contribution in [0, 0.1) is 6.92 Å². The van der Waals surface area contributed by atoms with Crippen LogP contribution in [0.4, 0.5) is 5.13 Å². The fraction of sp³-hybridized carbons (Fsp3) is 0.238. The monoisotopic (exact) mass is 499 g/mol. The van der Waals surface area contributed by atoms with E-state index in [4.69, 9.17) is 21.1 Å². The number of halogens is 1. The van der Waals surface area contributed by atoms with Crippen LogP contribution in [-0.4, -0.2) is 62.7 Å². The van der Waals surface area contributed by atoms with E-state index in [0.717, 1.165) is 11.3 Å². The van der Waals surface area contributed by atoms with Crippen LogP contribution in [0.5, 0.6) is 5.75 Å². The van der Waals surface area contributed by atoms with Crippen molar-refractivity contribution < 1.29 is 19.1 Å². The van der Waals surface area contributed by atoms with Gasteiger partial charge in [0.15, 0.2) is 0 Å². The van der Waals surface area contributed by atoms with Crippen molar-refractivity contribution in [3.8, 4) is 16.9 Å². The summed E-state index contributed by atoms with van der Waals surface area (Å²) in [5, 5.41) is 10.5. The largest absolute Gasteiger partial charge is 0.494 e. The van der Waals surface area contributed by atoms with Gasteiger partial charge in [0.1, 0.15) is 16.6 Å². The Morgan fingerprint density at radius 3 is 2.74 bits per heavy atom. The second-order valence-corrected chi connectivity index (χ2v) is 8.84. The normalized spacial score (nSPS) is 13.5. The molecule has 4 aromatic heterocycles. The smallest absolute Gasteiger partial charge is 0.271 e. The Kier molecular flexibility index (Phi) is 5.86. The van der Waals surface area contributed by atoms with Gasteiger partial charge in [-0.1, -0.05) is 22.9 Å². The van der Waals surface area contributed by atoms with Crippen molar-refractivity contribution in [3.05, 3.63) is 52.8 Å². The van der Waals surface area contributed by atoms with Crippen LogP contribution < -0.4 is 15.4 Å². The van der Waals surface area contributed by atoms with E-state index in [0.29, 0.717) is 51.4 Å². The van der Waals surface area contributed by atoms with E-state index in [1.807, 2.05) is 6.92 Å². The summed E-state index contributed by atoms with van der Waals surface area (Å²) >= 11 is 7.24. The van der Waals surface area contributed by atoms with E-state index in [1.54, 1.807) is 12.1 Å². The van der Waals surface area contributed by atoms with Gasteiger partial charge in [-0.3, -0.25) is 19.9 Å². The predicted octanol–water partition coefficient (Wildman–Crippen LogP) is 2.60. The number of rotatable bonds is 6. The van der Waals surface area contributed by atoms with Crippen LogP contribution in [0.15, 0.2) is 30.7 Å². The number of pyridine rings is 2. The maximum Gasteiger partial charge on any atom is 0.271 e.